The smallest absolute Gasteiger partial charge is 0.264 e. The van der Waals surface area contributed by atoms with Crippen LogP contribution in [0.5, 0.6) is 11.5 Å². The van der Waals surface area contributed by atoms with Crippen LogP contribution in [0.4, 0.5) is 10.8 Å². The van der Waals surface area contributed by atoms with Crippen molar-refractivity contribution in [3.63, 3.8) is 0 Å². The second-order valence-electron chi connectivity index (χ2n) is 9.96. The zero-order valence-electron chi connectivity index (χ0n) is 24.4. The number of rotatable bonds is 11. The Morgan fingerprint density at radius 2 is 1.64 bits per heavy atom. The van der Waals surface area contributed by atoms with E-state index in [2.05, 4.69) is 18.7 Å². The Bertz CT molecular complexity index is 1630. The number of aryl methyl sites for hydroxylation is 1. The summed E-state index contributed by atoms with van der Waals surface area (Å²) >= 11 is 1.36. The van der Waals surface area contributed by atoms with Crippen LogP contribution in [0.3, 0.4) is 0 Å². The molecule has 0 spiro atoms. The van der Waals surface area contributed by atoms with Crippen LogP contribution in [-0.2, 0) is 16.4 Å². The molecule has 5 rings (SSSR count). The molecule has 0 aliphatic carbocycles. The summed E-state index contributed by atoms with van der Waals surface area (Å²) in [5, 5.41) is 0.520. The van der Waals surface area contributed by atoms with Crippen molar-refractivity contribution in [2.24, 2.45) is 0 Å². The number of hydrogen-bond donors (Lipinski definition) is 0. The molecule has 2 heterocycles. The minimum Gasteiger partial charge on any atom is -0.495 e. The van der Waals surface area contributed by atoms with Gasteiger partial charge in [-0.05, 0) is 74.0 Å². The van der Waals surface area contributed by atoms with Crippen LogP contribution >= 0.6 is 11.3 Å². The number of thiazole rings is 1. The van der Waals surface area contributed by atoms with Crippen molar-refractivity contribution in [2.45, 2.75) is 31.6 Å². The van der Waals surface area contributed by atoms with Crippen LogP contribution in [0.15, 0.2) is 65.6 Å². The summed E-state index contributed by atoms with van der Waals surface area (Å²) in [6.07, 6.45) is 1.61. The Kier molecular flexibility index (Phi) is 9.00. The molecule has 1 aliphatic heterocycles. The number of amides is 1. The lowest BCUT2D eigenvalue weighted by molar-refractivity contribution is 0.0983. The van der Waals surface area contributed by atoms with Crippen molar-refractivity contribution in [1.82, 2.24) is 9.88 Å². The van der Waals surface area contributed by atoms with E-state index in [1.165, 1.54) is 27.8 Å². The van der Waals surface area contributed by atoms with E-state index >= 15 is 0 Å². The number of nitrogens with zero attached hydrogens (tertiary/aromatic N) is 4. The minimum atomic E-state index is -3.79. The quantitative estimate of drug-likeness (QED) is 0.224. The molecule has 0 fully saturated rings. The minimum absolute atomic E-state index is 0.153. The molecule has 1 aromatic heterocycles. The second kappa shape index (κ2) is 12.7. The molecule has 0 radical (unpaired) electrons. The predicted molar refractivity (Wildman–Crippen MR) is 168 cm³/mol. The summed E-state index contributed by atoms with van der Waals surface area (Å²) in [6, 6.07) is 17.4. The van der Waals surface area contributed by atoms with Gasteiger partial charge in [0.25, 0.3) is 15.9 Å². The summed E-state index contributed by atoms with van der Waals surface area (Å²) in [7, 11) is -0.603. The van der Waals surface area contributed by atoms with E-state index in [1.807, 2.05) is 30.3 Å². The van der Waals surface area contributed by atoms with Gasteiger partial charge in [0.05, 0.1) is 24.8 Å². The van der Waals surface area contributed by atoms with Crippen molar-refractivity contribution in [2.75, 3.05) is 56.1 Å². The second-order valence-corrected chi connectivity index (χ2v) is 12.8. The molecular weight excluding hydrogens is 572 g/mol. The summed E-state index contributed by atoms with van der Waals surface area (Å²) < 4.78 is 40.6. The lowest BCUT2D eigenvalue weighted by atomic mass is 10.0. The Hall–Kier alpha value is -3.67. The summed E-state index contributed by atoms with van der Waals surface area (Å²) in [5.74, 6) is 0.990. The molecule has 0 bridgehead atoms. The maximum atomic E-state index is 14.0. The Balaban J connectivity index is 1.48. The third-order valence-electron chi connectivity index (χ3n) is 7.67. The van der Waals surface area contributed by atoms with E-state index in [0.717, 1.165) is 36.2 Å². The molecule has 11 heteroatoms. The first-order valence-electron chi connectivity index (χ1n) is 14.1. The van der Waals surface area contributed by atoms with E-state index in [0.29, 0.717) is 53.0 Å². The number of methoxy groups -OCH3 is 2. The maximum Gasteiger partial charge on any atom is 0.264 e. The third-order valence-corrected chi connectivity index (χ3v) is 10.6. The van der Waals surface area contributed by atoms with E-state index in [9.17, 15) is 13.2 Å². The van der Waals surface area contributed by atoms with Gasteiger partial charge in [-0.2, -0.15) is 0 Å². The summed E-state index contributed by atoms with van der Waals surface area (Å²) in [5.41, 5.74) is 2.74. The van der Waals surface area contributed by atoms with Gasteiger partial charge in [0.15, 0.2) is 5.13 Å². The van der Waals surface area contributed by atoms with E-state index < -0.39 is 10.0 Å². The number of sulfonamides is 1. The first-order chi connectivity index (χ1) is 20.3. The summed E-state index contributed by atoms with van der Waals surface area (Å²) in [4.78, 5) is 22.9. The highest BCUT2D eigenvalue weighted by Gasteiger charge is 2.30. The molecule has 9 nitrogen and oxygen atoms in total. The molecule has 0 unspecified atom stereocenters. The van der Waals surface area contributed by atoms with Gasteiger partial charge < -0.3 is 14.4 Å². The number of aromatic nitrogens is 1. The molecule has 1 amide bonds. The van der Waals surface area contributed by atoms with Gasteiger partial charge in [0.1, 0.15) is 21.7 Å². The van der Waals surface area contributed by atoms with Crippen molar-refractivity contribution in [3.05, 3.63) is 71.8 Å². The lowest BCUT2D eigenvalue weighted by Gasteiger charge is -2.30. The fourth-order valence-corrected chi connectivity index (χ4v) is 7.90. The Labute approximate surface area is 251 Å². The molecule has 0 atom stereocenters. The number of likely N-dealkylation sites (N-methyl/N-ethyl adjacent to an activating group) is 1. The van der Waals surface area contributed by atoms with Gasteiger partial charge in [-0.25, -0.2) is 13.4 Å². The van der Waals surface area contributed by atoms with Gasteiger partial charge in [0.2, 0.25) is 0 Å². The molecule has 222 valence electrons. The standard InChI is InChI=1S/C31H36N4O5S2/c1-5-33(6-2)20-21-34(31-32-28-26(39-3)17-18-27(40-4)29(28)41-31)30(36)23-13-15-24(16-14-23)42(37,38)35-19-9-11-22-10-7-8-12-25(22)35/h7-8,10,12-18H,5-6,9,11,19-21H2,1-4H3. The highest BCUT2D eigenvalue weighted by molar-refractivity contribution is 7.92. The average molecular weight is 609 g/mol. The number of fused-ring (bicyclic) bond motifs is 2. The number of carbonyl (C=O) groups excluding carboxylic acids is 1. The van der Waals surface area contributed by atoms with Gasteiger partial charge in [-0.1, -0.05) is 43.4 Å². The van der Waals surface area contributed by atoms with Crippen LogP contribution < -0.4 is 18.7 Å². The first-order valence-corrected chi connectivity index (χ1v) is 16.3. The summed E-state index contributed by atoms with van der Waals surface area (Å²) in [6.45, 7) is 7.37. The molecular formula is C31H36N4O5S2. The highest BCUT2D eigenvalue weighted by Crippen LogP contribution is 2.40. The van der Waals surface area contributed by atoms with Crippen LogP contribution in [0, 0.1) is 0 Å². The molecule has 3 aromatic carbocycles. The number of carbonyl (C=O) groups is 1. The first kappa shape index (κ1) is 29.8. The number of para-hydroxylation sites is 1. The van der Waals surface area contributed by atoms with Crippen LogP contribution in [-0.4, -0.2) is 71.2 Å². The fraction of sp³-hybridized carbons (Fsp3) is 0.355. The molecule has 4 aromatic rings. The number of ether oxygens (including phenoxy) is 2. The molecule has 0 N–H and O–H groups in total. The lowest BCUT2D eigenvalue weighted by Crippen LogP contribution is -2.39. The third kappa shape index (κ3) is 5.68. The fourth-order valence-electron chi connectivity index (χ4n) is 5.26. The highest BCUT2D eigenvalue weighted by atomic mass is 32.2. The SMILES string of the molecule is CCN(CC)CCN(C(=O)c1ccc(S(=O)(=O)N2CCCc3ccccc32)cc1)c1nc2c(OC)ccc(OC)c2s1. The Morgan fingerprint density at radius 1 is 0.952 bits per heavy atom. The Morgan fingerprint density at radius 3 is 2.33 bits per heavy atom. The van der Waals surface area contributed by atoms with E-state index in [1.54, 1.807) is 37.3 Å². The van der Waals surface area contributed by atoms with Crippen molar-refractivity contribution in [3.8, 4) is 11.5 Å². The number of hydrogen-bond acceptors (Lipinski definition) is 8. The van der Waals surface area contributed by atoms with Crippen LogP contribution in [0.25, 0.3) is 10.2 Å². The van der Waals surface area contributed by atoms with Crippen molar-refractivity contribution >= 4 is 48.3 Å². The molecule has 42 heavy (non-hydrogen) atoms. The molecule has 1 aliphatic rings. The van der Waals surface area contributed by atoms with E-state index in [-0.39, 0.29) is 10.8 Å². The zero-order chi connectivity index (χ0) is 29.9. The number of anilines is 2. The zero-order valence-corrected chi connectivity index (χ0v) is 26.0. The topological polar surface area (TPSA) is 92.3 Å². The van der Waals surface area contributed by atoms with Gasteiger partial charge >= 0.3 is 0 Å². The predicted octanol–water partition coefficient (Wildman–Crippen LogP) is 5.44. The number of benzene rings is 3. The van der Waals surface area contributed by atoms with E-state index in [4.69, 9.17) is 14.5 Å². The van der Waals surface area contributed by atoms with Gasteiger partial charge in [-0.15, -0.1) is 0 Å². The average Bonchev–Trinajstić information content (AvgIpc) is 3.47. The molecule has 0 saturated carbocycles. The van der Waals surface area contributed by atoms with Crippen LogP contribution in [0.1, 0.15) is 36.2 Å². The van der Waals surface area contributed by atoms with Gasteiger partial charge in [-0.3, -0.25) is 14.0 Å². The molecule has 0 saturated heterocycles. The van der Waals surface area contributed by atoms with Crippen molar-refractivity contribution in [1.29, 1.82) is 0 Å². The normalized spacial score (nSPS) is 13.3. The van der Waals surface area contributed by atoms with Crippen molar-refractivity contribution < 1.29 is 22.7 Å². The monoisotopic (exact) mass is 608 g/mol. The maximum absolute atomic E-state index is 14.0. The van der Waals surface area contributed by atoms with Crippen LogP contribution in [0.2, 0.25) is 0 Å². The largest absolute Gasteiger partial charge is 0.495 e. The van der Waals surface area contributed by atoms with Gasteiger partial charge in [0, 0.05) is 25.2 Å².